The van der Waals surface area contributed by atoms with Gasteiger partial charge >= 0.3 is 0 Å². The number of pyridine rings is 1. The zero-order valence-electron chi connectivity index (χ0n) is 17.6. The summed E-state index contributed by atoms with van der Waals surface area (Å²) in [6.07, 6.45) is 5.05. The van der Waals surface area contributed by atoms with Crippen molar-refractivity contribution in [3.8, 4) is 22.3 Å². The second-order valence-electron chi connectivity index (χ2n) is 6.39. The molecule has 2 aromatic carbocycles. The van der Waals surface area contributed by atoms with Crippen LogP contribution in [0.15, 0.2) is 67.0 Å². The normalized spacial score (nSPS) is 9.79. The summed E-state index contributed by atoms with van der Waals surface area (Å²) in [5.74, 6) is 0. The molecule has 0 radical (unpaired) electrons. The lowest BCUT2D eigenvalue weighted by Gasteiger charge is -2.07. The van der Waals surface area contributed by atoms with Crippen LogP contribution in [0.25, 0.3) is 33.3 Å². The first-order chi connectivity index (χ1) is 14.2. The van der Waals surface area contributed by atoms with Gasteiger partial charge in [-0.1, -0.05) is 87.1 Å². The molecule has 2 heterocycles. The summed E-state index contributed by atoms with van der Waals surface area (Å²) >= 11 is 4.05. The van der Waals surface area contributed by atoms with E-state index in [0.717, 1.165) is 23.1 Å². The lowest BCUT2D eigenvalue weighted by Crippen LogP contribution is -1.86. The highest BCUT2D eigenvalue weighted by Crippen LogP contribution is 2.32. The van der Waals surface area contributed by atoms with Gasteiger partial charge in [-0.25, -0.2) is 4.98 Å². The van der Waals surface area contributed by atoms with E-state index in [4.69, 9.17) is 0 Å². The van der Waals surface area contributed by atoms with Crippen LogP contribution in [0.4, 0.5) is 0 Å². The largest absolute Gasteiger partial charge is 0.396 e. The van der Waals surface area contributed by atoms with Crippen molar-refractivity contribution >= 4 is 28.7 Å². The van der Waals surface area contributed by atoms with Crippen LogP contribution in [0.1, 0.15) is 31.9 Å². The van der Waals surface area contributed by atoms with Crippen molar-refractivity contribution in [3.63, 3.8) is 0 Å². The third-order valence-electron chi connectivity index (χ3n) is 4.49. The van der Waals surface area contributed by atoms with Crippen LogP contribution in [-0.4, -0.2) is 15.5 Å². The minimum Gasteiger partial charge on any atom is -0.396 e. The van der Waals surface area contributed by atoms with Crippen LogP contribution in [0.3, 0.4) is 0 Å². The molecule has 0 atom stereocenters. The Hall–Kier alpha value is -2.98. The topological polar surface area (TPSA) is 54.7 Å². The Morgan fingerprint density at radius 3 is 2.34 bits per heavy atom. The fourth-order valence-electron chi connectivity index (χ4n) is 3.25. The molecule has 0 fully saturated rings. The van der Waals surface area contributed by atoms with E-state index in [2.05, 4.69) is 96.5 Å². The Kier molecular flexibility index (Phi) is 8.56. The Morgan fingerprint density at radius 1 is 1.00 bits per heavy atom. The molecule has 0 aliphatic rings. The van der Waals surface area contributed by atoms with E-state index in [0.29, 0.717) is 0 Å². The predicted octanol–water partition coefficient (Wildman–Crippen LogP) is 6.70. The molecule has 0 saturated heterocycles. The van der Waals surface area contributed by atoms with E-state index < -0.39 is 0 Å². The van der Waals surface area contributed by atoms with Gasteiger partial charge < -0.3 is 10.7 Å². The van der Waals surface area contributed by atoms with Crippen LogP contribution in [-0.2, 0) is 6.42 Å². The van der Waals surface area contributed by atoms with Gasteiger partial charge in [0.25, 0.3) is 0 Å². The Bertz CT molecular complexity index is 1050. The highest BCUT2D eigenvalue weighted by atomic mass is 32.1. The Morgan fingerprint density at radius 2 is 1.69 bits per heavy atom. The molecule has 4 heteroatoms. The number of hydrogen-bond donors (Lipinski definition) is 2. The van der Waals surface area contributed by atoms with Gasteiger partial charge in [-0.05, 0) is 36.1 Å². The number of nitrogens with two attached hydrogens (primary N) is 1. The van der Waals surface area contributed by atoms with Crippen molar-refractivity contribution in [2.45, 2.75) is 34.1 Å². The number of rotatable bonds is 3. The molecule has 29 heavy (non-hydrogen) atoms. The minimum atomic E-state index is 0.934. The van der Waals surface area contributed by atoms with Crippen LogP contribution < -0.4 is 5.73 Å². The number of aromatic amines is 1. The molecule has 0 saturated carbocycles. The summed E-state index contributed by atoms with van der Waals surface area (Å²) < 4.78 is 0. The summed E-state index contributed by atoms with van der Waals surface area (Å²) in [4.78, 5) is 7.92. The SMILES string of the molecule is CC.CCc1cc(C)cc(-c2c[nH]c3ncc(-c4ccccc4)cc23)c1.NC=S. The number of aromatic nitrogens is 2. The van der Waals surface area contributed by atoms with Crippen LogP contribution >= 0.6 is 12.2 Å². The van der Waals surface area contributed by atoms with Crippen molar-refractivity contribution < 1.29 is 0 Å². The number of fused-ring (bicyclic) bond motifs is 1. The summed E-state index contributed by atoms with van der Waals surface area (Å²) in [5, 5.41) is 1.17. The van der Waals surface area contributed by atoms with E-state index in [1.165, 1.54) is 33.2 Å². The molecule has 0 amide bonds. The van der Waals surface area contributed by atoms with Gasteiger partial charge in [-0.15, -0.1) is 0 Å². The quantitative estimate of drug-likeness (QED) is 0.374. The van der Waals surface area contributed by atoms with E-state index in [9.17, 15) is 0 Å². The maximum atomic E-state index is 4.61. The highest BCUT2D eigenvalue weighted by molar-refractivity contribution is 7.78. The Labute approximate surface area is 179 Å². The first-order valence-corrected chi connectivity index (χ1v) is 10.4. The average molecular weight is 404 g/mol. The minimum absolute atomic E-state index is 0.934. The molecule has 0 aliphatic carbocycles. The van der Waals surface area contributed by atoms with Gasteiger partial charge in [0.15, 0.2) is 0 Å². The number of benzene rings is 2. The molecule has 0 unspecified atom stereocenters. The monoisotopic (exact) mass is 403 g/mol. The molecule has 3 nitrogen and oxygen atoms in total. The predicted molar refractivity (Wildman–Crippen MR) is 130 cm³/mol. The van der Waals surface area contributed by atoms with E-state index in [-0.39, 0.29) is 0 Å². The van der Waals surface area contributed by atoms with E-state index in [1.807, 2.05) is 26.1 Å². The summed E-state index contributed by atoms with van der Waals surface area (Å²) in [5.41, 5.74) is 14.0. The molecule has 4 rings (SSSR count). The number of H-pyrrole nitrogens is 1. The second kappa shape index (κ2) is 11.1. The Balaban J connectivity index is 0.000000551. The van der Waals surface area contributed by atoms with Crippen LogP contribution in [0.2, 0.25) is 0 Å². The lowest BCUT2D eigenvalue weighted by atomic mass is 9.98. The zero-order chi connectivity index (χ0) is 21.2. The average Bonchev–Trinajstić information content (AvgIpc) is 3.19. The molecular formula is C25H29N3S. The third-order valence-corrected chi connectivity index (χ3v) is 4.49. The van der Waals surface area contributed by atoms with Crippen molar-refractivity contribution in [3.05, 3.63) is 78.1 Å². The number of aryl methyl sites for hydroxylation is 2. The number of hydrogen-bond acceptors (Lipinski definition) is 2. The van der Waals surface area contributed by atoms with Gasteiger partial charge in [0, 0.05) is 28.9 Å². The molecule has 0 spiro atoms. The zero-order valence-corrected chi connectivity index (χ0v) is 18.4. The molecule has 150 valence electrons. The number of nitrogens with zero attached hydrogens (tertiary/aromatic N) is 1. The fourth-order valence-corrected chi connectivity index (χ4v) is 3.25. The molecule has 2 aromatic heterocycles. The van der Waals surface area contributed by atoms with Crippen molar-refractivity contribution in [1.29, 1.82) is 0 Å². The van der Waals surface area contributed by atoms with Gasteiger partial charge in [-0.2, -0.15) is 0 Å². The van der Waals surface area contributed by atoms with Crippen LogP contribution in [0, 0.1) is 6.92 Å². The molecule has 0 aliphatic heterocycles. The van der Waals surface area contributed by atoms with Crippen molar-refractivity contribution in [2.24, 2.45) is 5.73 Å². The van der Waals surface area contributed by atoms with E-state index in [1.54, 1.807) is 0 Å². The molecule has 3 N–H and O–H groups in total. The number of nitrogens with one attached hydrogen (secondary N) is 1. The van der Waals surface area contributed by atoms with Crippen LogP contribution in [0.5, 0.6) is 0 Å². The fraction of sp³-hybridized carbons (Fsp3) is 0.200. The first-order valence-electron chi connectivity index (χ1n) is 9.95. The summed E-state index contributed by atoms with van der Waals surface area (Å²) in [6.45, 7) is 8.36. The lowest BCUT2D eigenvalue weighted by molar-refractivity contribution is 1.13. The standard InChI is InChI=1S/C22H20N2.C2H6.CH3NS/c1-3-16-9-15(2)10-18(11-16)21-14-24-22-20(21)12-19(13-23-22)17-7-5-4-6-8-17;1-2;2-1-3/h4-14H,3H2,1-2H3,(H,23,24);1-2H3;1H,(H2,2,3). The first kappa shape index (κ1) is 22.3. The molecular weight excluding hydrogens is 374 g/mol. The highest BCUT2D eigenvalue weighted by Gasteiger charge is 2.10. The number of thiocarbonyl (C=S) groups is 1. The van der Waals surface area contributed by atoms with Gasteiger partial charge in [0.05, 0.1) is 5.49 Å². The van der Waals surface area contributed by atoms with E-state index >= 15 is 0 Å². The third kappa shape index (κ3) is 5.52. The van der Waals surface area contributed by atoms with Crippen molar-refractivity contribution in [2.75, 3.05) is 0 Å². The summed E-state index contributed by atoms with van der Waals surface area (Å²) in [6, 6.07) is 19.4. The molecule has 4 aromatic rings. The second-order valence-corrected chi connectivity index (χ2v) is 6.66. The summed E-state index contributed by atoms with van der Waals surface area (Å²) in [7, 11) is 0. The smallest absolute Gasteiger partial charge is 0.137 e. The maximum absolute atomic E-state index is 4.61. The van der Waals surface area contributed by atoms with Crippen molar-refractivity contribution in [1.82, 2.24) is 9.97 Å². The van der Waals surface area contributed by atoms with Gasteiger partial charge in [0.1, 0.15) is 5.65 Å². The maximum Gasteiger partial charge on any atom is 0.137 e. The van der Waals surface area contributed by atoms with Gasteiger partial charge in [-0.3, -0.25) is 0 Å². The molecule has 0 bridgehead atoms. The van der Waals surface area contributed by atoms with Gasteiger partial charge in [0.2, 0.25) is 0 Å².